The molecule has 0 saturated carbocycles. The Morgan fingerprint density at radius 1 is 1.19 bits per heavy atom. The highest BCUT2D eigenvalue weighted by Crippen LogP contribution is 2.18. The summed E-state index contributed by atoms with van der Waals surface area (Å²) in [4.78, 5) is 11.5. The largest absolute Gasteiger partial charge is 0.348 e. The topological polar surface area (TPSA) is 56.7 Å². The molecule has 0 bridgehead atoms. The molecule has 0 aliphatic carbocycles. The lowest BCUT2D eigenvalue weighted by Crippen LogP contribution is -2.64. The van der Waals surface area contributed by atoms with E-state index < -0.39 is 0 Å². The van der Waals surface area contributed by atoms with E-state index in [-0.39, 0.29) is 11.9 Å². The molecule has 0 aliphatic rings. The Labute approximate surface area is 94.3 Å². The van der Waals surface area contributed by atoms with Crippen molar-refractivity contribution in [2.75, 3.05) is 5.32 Å². The Hall–Kier alpha value is -1.87. The quantitative estimate of drug-likeness (QED) is 0.781. The SMILES string of the molecule is C[C@@H]([NH3+])C(=O)Nc1ccc2ccccc2c1. The van der Waals surface area contributed by atoms with Gasteiger partial charge in [-0.3, -0.25) is 4.79 Å². The van der Waals surface area contributed by atoms with E-state index in [0.29, 0.717) is 0 Å². The van der Waals surface area contributed by atoms with E-state index in [1.165, 1.54) is 5.39 Å². The molecule has 1 atom stereocenters. The van der Waals surface area contributed by atoms with Gasteiger partial charge in [-0.15, -0.1) is 0 Å². The zero-order valence-electron chi connectivity index (χ0n) is 9.23. The summed E-state index contributed by atoms with van der Waals surface area (Å²) in [6.45, 7) is 1.77. The van der Waals surface area contributed by atoms with Gasteiger partial charge in [0.2, 0.25) is 0 Å². The molecule has 16 heavy (non-hydrogen) atoms. The van der Waals surface area contributed by atoms with Crippen LogP contribution in [0.15, 0.2) is 42.5 Å². The highest BCUT2D eigenvalue weighted by molar-refractivity contribution is 5.96. The van der Waals surface area contributed by atoms with Crippen molar-refractivity contribution in [2.24, 2.45) is 0 Å². The first-order valence-electron chi connectivity index (χ1n) is 5.29. The number of fused-ring (bicyclic) bond motifs is 1. The molecule has 0 unspecified atom stereocenters. The molecule has 4 N–H and O–H groups in total. The van der Waals surface area contributed by atoms with Gasteiger partial charge in [0.1, 0.15) is 0 Å². The summed E-state index contributed by atoms with van der Waals surface area (Å²) in [5.74, 6) is -0.0599. The van der Waals surface area contributed by atoms with Crippen molar-refractivity contribution >= 4 is 22.4 Å². The van der Waals surface area contributed by atoms with E-state index in [0.717, 1.165) is 11.1 Å². The number of carbonyl (C=O) groups is 1. The van der Waals surface area contributed by atoms with Gasteiger partial charge in [-0.2, -0.15) is 0 Å². The van der Waals surface area contributed by atoms with Crippen LogP contribution in [0, 0.1) is 0 Å². The van der Waals surface area contributed by atoms with Crippen molar-refractivity contribution in [3.05, 3.63) is 42.5 Å². The van der Waals surface area contributed by atoms with E-state index in [1.807, 2.05) is 42.5 Å². The van der Waals surface area contributed by atoms with Crippen molar-refractivity contribution in [2.45, 2.75) is 13.0 Å². The minimum atomic E-state index is -0.244. The van der Waals surface area contributed by atoms with E-state index in [1.54, 1.807) is 6.92 Å². The molecule has 82 valence electrons. The molecule has 3 nitrogen and oxygen atoms in total. The molecule has 0 spiro atoms. The molecule has 2 aromatic rings. The third kappa shape index (κ3) is 2.20. The van der Waals surface area contributed by atoms with E-state index >= 15 is 0 Å². The Morgan fingerprint density at radius 2 is 1.88 bits per heavy atom. The summed E-state index contributed by atoms with van der Waals surface area (Å²) in [7, 11) is 0. The Bertz CT molecular complexity index is 520. The predicted molar refractivity (Wildman–Crippen MR) is 64.9 cm³/mol. The number of benzene rings is 2. The number of hydrogen-bond donors (Lipinski definition) is 2. The third-order valence-corrected chi connectivity index (χ3v) is 2.46. The first kappa shape index (κ1) is 10.6. The Morgan fingerprint density at radius 3 is 2.56 bits per heavy atom. The molecule has 0 saturated heterocycles. The molecule has 0 aliphatic heterocycles. The summed E-state index contributed by atoms with van der Waals surface area (Å²) in [5, 5.41) is 5.12. The average molecular weight is 215 g/mol. The van der Waals surface area contributed by atoms with Crippen LogP contribution < -0.4 is 11.1 Å². The second kappa shape index (κ2) is 4.33. The number of quaternary nitrogens is 1. The van der Waals surface area contributed by atoms with Crippen molar-refractivity contribution in [1.82, 2.24) is 0 Å². The van der Waals surface area contributed by atoms with Gasteiger partial charge in [0.15, 0.2) is 6.04 Å². The fourth-order valence-corrected chi connectivity index (χ4v) is 1.53. The maximum Gasteiger partial charge on any atom is 0.282 e. The van der Waals surface area contributed by atoms with Crippen LogP contribution in [0.3, 0.4) is 0 Å². The van der Waals surface area contributed by atoms with Crippen LogP contribution in [0.2, 0.25) is 0 Å². The third-order valence-electron chi connectivity index (χ3n) is 2.46. The van der Waals surface area contributed by atoms with E-state index in [2.05, 4.69) is 11.1 Å². The number of rotatable bonds is 2. The van der Waals surface area contributed by atoms with Crippen molar-refractivity contribution in [3.63, 3.8) is 0 Å². The van der Waals surface area contributed by atoms with Crippen LogP contribution in [0.4, 0.5) is 5.69 Å². The number of nitrogens with one attached hydrogen (secondary N) is 1. The van der Waals surface area contributed by atoms with Gasteiger partial charge in [-0.05, 0) is 29.8 Å². The van der Waals surface area contributed by atoms with Crippen LogP contribution in [0.1, 0.15) is 6.92 Å². The number of anilines is 1. The monoisotopic (exact) mass is 215 g/mol. The zero-order valence-corrected chi connectivity index (χ0v) is 9.23. The Kier molecular flexibility index (Phi) is 2.88. The predicted octanol–water partition coefficient (Wildman–Crippen LogP) is 1.41. The minimum Gasteiger partial charge on any atom is -0.348 e. The van der Waals surface area contributed by atoms with Crippen LogP contribution >= 0.6 is 0 Å². The molecule has 3 heteroatoms. The van der Waals surface area contributed by atoms with E-state index in [4.69, 9.17) is 0 Å². The summed E-state index contributed by atoms with van der Waals surface area (Å²) >= 11 is 0. The lowest BCUT2D eigenvalue weighted by molar-refractivity contribution is -0.396. The number of amides is 1. The second-order valence-corrected chi connectivity index (χ2v) is 3.95. The molecule has 0 fully saturated rings. The first-order valence-corrected chi connectivity index (χ1v) is 5.29. The molecule has 0 aromatic heterocycles. The molecule has 2 rings (SSSR count). The van der Waals surface area contributed by atoms with E-state index in [9.17, 15) is 4.79 Å². The fourth-order valence-electron chi connectivity index (χ4n) is 1.53. The number of carbonyl (C=O) groups excluding carboxylic acids is 1. The summed E-state index contributed by atoms with van der Waals surface area (Å²) in [5.41, 5.74) is 4.50. The second-order valence-electron chi connectivity index (χ2n) is 3.95. The van der Waals surface area contributed by atoms with Crippen LogP contribution in [-0.2, 0) is 4.79 Å². The van der Waals surface area contributed by atoms with Gasteiger partial charge in [-0.1, -0.05) is 30.3 Å². The number of hydrogen-bond acceptors (Lipinski definition) is 1. The van der Waals surface area contributed by atoms with Gasteiger partial charge in [0.05, 0.1) is 0 Å². The molecule has 0 radical (unpaired) electrons. The maximum absolute atomic E-state index is 11.5. The fraction of sp³-hybridized carbons (Fsp3) is 0.154. The van der Waals surface area contributed by atoms with Crippen molar-refractivity contribution < 1.29 is 10.5 Å². The van der Waals surface area contributed by atoms with Gasteiger partial charge < -0.3 is 11.1 Å². The molecular formula is C13H15N2O+. The van der Waals surface area contributed by atoms with Crippen LogP contribution in [0.5, 0.6) is 0 Å². The highest BCUT2D eigenvalue weighted by Gasteiger charge is 2.10. The molecule has 2 aromatic carbocycles. The smallest absolute Gasteiger partial charge is 0.282 e. The molecule has 1 amide bonds. The first-order chi connectivity index (χ1) is 7.66. The highest BCUT2D eigenvalue weighted by atomic mass is 16.2. The van der Waals surface area contributed by atoms with Gasteiger partial charge >= 0.3 is 0 Å². The van der Waals surface area contributed by atoms with Crippen LogP contribution in [-0.4, -0.2) is 11.9 Å². The summed E-state index contributed by atoms with van der Waals surface area (Å²) in [6, 6.07) is 13.7. The standard InChI is InChI=1S/C13H14N2O/c1-9(14)13(16)15-12-7-6-10-4-2-3-5-11(10)8-12/h2-9H,14H2,1H3,(H,15,16)/p+1/t9-/m1/s1. The maximum atomic E-state index is 11.5. The van der Waals surface area contributed by atoms with Crippen molar-refractivity contribution in [1.29, 1.82) is 0 Å². The van der Waals surface area contributed by atoms with Gasteiger partial charge in [-0.25, -0.2) is 0 Å². The summed E-state index contributed by atoms with van der Waals surface area (Å²) < 4.78 is 0. The minimum absolute atomic E-state index is 0.0599. The Balaban J connectivity index is 2.29. The lowest BCUT2D eigenvalue weighted by atomic mass is 10.1. The normalized spacial score (nSPS) is 12.4. The van der Waals surface area contributed by atoms with Crippen LogP contribution in [0.25, 0.3) is 10.8 Å². The van der Waals surface area contributed by atoms with Gasteiger partial charge in [0, 0.05) is 5.69 Å². The van der Waals surface area contributed by atoms with Gasteiger partial charge in [0.25, 0.3) is 5.91 Å². The lowest BCUT2D eigenvalue weighted by Gasteiger charge is -2.06. The molecule has 0 heterocycles. The summed E-state index contributed by atoms with van der Waals surface area (Å²) in [6.07, 6.45) is 0. The average Bonchev–Trinajstić information content (AvgIpc) is 2.28. The van der Waals surface area contributed by atoms with Crippen molar-refractivity contribution in [3.8, 4) is 0 Å². The molecular weight excluding hydrogens is 200 g/mol. The zero-order chi connectivity index (χ0) is 11.5.